The van der Waals surface area contributed by atoms with Crippen LogP contribution in [-0.2, 0) is 9.59 Å². The molecule has 0 radical (unpaired) electrons. The molecule has 1 heterocycles. The van der Waals surface area contributed by atoms with E-state index < -0.39 is 17.9 Å². The quantitative estimate of drug-likeness (QED) is 0.792. The molecule has 0 aromatic heterocycles. The minimum atomic E-state index is -1.08. The van der Waals surface area contributed by atoms with Gasteiger partial charge < -0.3 is 19.9 Å². The molecular formula is C13H13NO5. The predicted molar refractivity (Wildman–Crippen MR) is 66.8 cm³/mol. The van der Waals surface area contributed by atoms with Crippen LogP contribution in [0.15, 0.2) is 24.3 Å². The molecule has 0 fully saturated rings. The second-order valence-electron chi connectivity index (χ2n) is 4.01. The average Bonchev–Trinajstić information content (AvgIpc) is 2.83. The molecule has 2 N–H and O–H groups in total. The number of aliphatic carboxylic acids is 1. The van der Waals surface area contributed by atoms with E-state index in [1.54, 1.807) is 24.3 Å². The third kappa shape index (κ3) is 3.25. The summed E-state index contributed by atoms with van der Waals surface area (Å²) in [6, 6.07) is 4.35. The monoisotopic (exact) mass is 263 g/mol. The van der Waals surface area contributed by atoms with Crippen LogP contribution in [0.25, 0.3) is 6.08 Å². The van der Waals surface area contributed by atoms with E-state index in [-0.39, 0.29) is 6.79 Å². The fourth-order valence-corrected chi connectivity index (χ4v) is 1.51. The highest BCUT2D eigenvalue weighted by Gasteiger charge is 2.13. The lowest BCUT2D eigenvalue weighted by atomic mass is 10.2. The van der Waals surface area contributed by atoms with Crippen LogP contribution in [0, 0.1) is 0 Å². The molecule has 1 atom stereocenters. The number of benzene rings is 1. The molecule has 100 valence electrons. The van der Waals surface area contributed by atoms with Crippen molar-refractivity contribution >= 4 is 18.0 Å². The number of hydrogen-bond donors (Lipinski definition) is 2. The second-order valence-corrected chi connectivity index (χ2v) is 4.01. The summed E-state index contributed by atoms with van der Waals surface area (Å²) in [6.07, 6.45) is 2.85. The maximum Gasteiger partial charge on any atom is 0.325 e. The molecule has 1 aromatic rings. The van der Waals surface area contributed by atoms with Gasteiger partial charge in [-0.15, -0.1) is 0 Å². The Bertz CT molecular complexity index is 538. The lowest BCUT2D eigenvalue weighted by Crippen LogP contribution is -2.37. The average molecular weight is 263 g/mol. The number of rotatable bonds is 4. The van der Waals surface area contributed by atoms with Gasteiger partial charge in [-0.25, -0.2) is 0 Å². The van der Waals surface area contributed by atoms with Crippen molar-refractivity contribution < 1.29 is 24.2 Å². The molecule has 6 heteroatoms. The van der Waals surface area contributed by atoms with E-state index in [9.17, 15) is 9.59 Å². The van der Waals surface area contributed by atoms with Crippen molar-refractivity contribution in [3.05, 3.63) is 29.8 Å². The summed E-state index contributed by atoms with van der Waals surface area (Å²) in [4.78, 5) is 22.0. The fraction of sp³-hybridized carbons (Fsp3) is 0.231. The fourth-order valence-electron chi connectivity index (χ4n) is 1.51. The Labute approximate surface area is 109 Å². The van der Waals surface area contributed by atoms with E-state index in [2.05, 4.69) is 5.32 Å². The first-order valence-electron chi connectivity index (χ1n) is 5.67. The summed E-state index contributed by atoms with van der Waals surface area (Å²) in [5.41, 5.74) is 0.766. The van der Waals surface area contributed by atoms with Crippen LogP contribution in [0.1, 0.15) is 12.5 Å². The van der Waals surface area contributed by atoms with Crippen molar-refractivity contribution in [1.82, 2.24) is 5.32 Å². The first-order valence-corrected chi connectivity index (χ1v) is 5.67. The van der Waals surface area contributed by atoms with Crippen molar-refractivity contribution in [1.29, 1.82) is 0 Å². The molecule has 1 aliphatic heterocycles. The van der Waals surface area contributed by atoms with Gasteiger partial charge in [0.05, 0.1) is 0 Å². The molecule has 1 amide bonds. The Kier molecular flexibility index (Phi) is 3.70. The number of hydrogen-bond acceptors (Lipinski definition) is 4. The molecule has 0 spiro atoms. The Morgan fingerprint density at radius 1 is 1.37 bits per heavy atom. The molecule has 2 rings (SSSR count). The number of carbonyl (C=O) groups is 2. The topological polar surface area (TPSA) is 84.9 Å². The number of ether oxygens (including phenoxy) is 2. The van der Waals surface area contributed by atoms with Crippen molar-refractivity contribution in [2.45, 2.75) is 13.0 Å². The largest absolute Gasteiger partial charge is 0.480 e. The summed E-state index contributed by atoms with van der Waals surface area (Å²) in [5, 5.41) is 11.0. The van der Waals surface area contributed by atoms with E-state index in [0.29, 0.717) is 11.5 Å². The van der Waals surface area contributed by atoms with Gasteiger partial charge in [0.1, 0.15) is 6.04 Å². The second kappa shape index (κ2) is 5.43. The van der Waals surface area contributed by atoms with E-state index in [1.807, 2.05) is 0 Å². The Morgan fingerprint density at radius 2 is 2.11 bits per heavy atom. The van der Waals surface area contributed by atoms with Crippen LogP contribution >= 0.6 is 0 Å². The van der Waals surface area contributed by atoms with E-state index in [1.165, 1.54) is 13.0 Å². The molecule has 0 unspecified atom stereocenters. The first kappa shape index (κ1) is 12.9. The van der Waals surface area contributed by atoms with Gasteiger partial charge in [-0.05, 0) is 30.7 Å². The third-order valence-electron chi connectivity index (χ3n) is 2.55. The highest BCUT2D eigenvalue weighted by molar-refractivity contribution is 5.94. The van der Waals surface area contributed by atoms with Gasteiger partial charge in [0.15, 0.2) is 11.5 Å². The van der Waals surface area contributed by atoms with Crippen molar-refractivity contribution in [3.8, 4) is 11.5 Å². The zero-order valence-corrected chi connectivity index (χ0v) is 10.3. The van der Waals surface area contributed by atoms with Gasteiger partial charge >= 0.3 is 5.97 Å². The van der Waals surface area contributed by atoms with E-state index in [4.69, 9.17) is 14.6 Å². The number of carbonyl (C=O) groups excluding carboxylic acids is 1. The summed E-state index contributed by atoms with van der Waals surface area (Å²) in [6.45, 7) is 1.59. The number of carboxylic acid groups (broad SMARTS) is 1. The maximum atomic E-state index is 11.4. The van der Waals surface area contributed by atoms with Crippen LogP contribution in [-0.4, -0.2) is 29.8 Å². The lowest BCUT2D eigenvalue weighted by Gasteiger charge is -2.05. The van der Waals surface area contributed by atoms with Crippen LogP contribution in [0.4, 0.5) is 0 Å². The highest BCUT2D eigenvalue weighted by Crippen LogP contribution is 2.32. The minimum absolute atomic E-state index is 0.194. The number of fused-ring (bicyclic) bond motifs is 1. The first-order chi connectivity index (χ1) is 9.06. The van der Waals surface area contributed by atoms with Gasteiger partial charge in [0.25, 0.3) is 0 Å². The van der Waals surface area contributed by atoms with Crippen molar-refractivity contribution in [2.75, 3.05) is 6.79 Å². The van der Waals surface area contributed by atoms with E-state index >= 15 is 0 Å². The van der Waals surface area contributed by atoms with Gasteiger partial charge in [0.2, 0.25) is 12.7 Å². The summed E-state index contributed by atoms with van der Waals surface area (Å²) >= 11 is 0. The smallest absolute Gasteiger partial charge is 0.325 e. The van der Waals surface area contributed by atoms with E-state index in [0.717, 1.165) is 5.56 Å². The van der Waals surface area contributed by atoms with Gasteiger partial charge in [-0.3, -0.25) is 9.59 Å². The number of nitrogens with one attached hydrogen (secondary N) is 1. The Balaban J connectivity index is 1.98. The molecule has 0 aliphatic carbocycles. The minimum Gasteiger partial charge on any atom is -0.480 e. The molecule has 0 bridgehead atoms. The molecule has 19 heavy (non-hydrogen) atoms. The summed E-state index contributed by atoms with van der Waals surface area (Å²) in [7, 11) is 0. The molecule has 1 aliphatic rings. The van der Waals surface area contributed by atoms with Crippen LogP contribution in [0.3, 0.4) is 0 Å². The lowest BCUT2D eigenvalue weighted by molar-refractivity contribution is -0.140. The molecule has 6 nitrogen and oxygen atoms in total. The molecule has 1 aromatic carbocycles. The van der Waals surface area contributed by atoms with Gasteiger partial charge in [0, 0.05) is 6.08 Å². The summed E-state index contributed by atoms with van der Waals surface area (Å²) < 4.78 is 10.4. The predicted octanol–water partition coefficient (Wildman–Crippen LogP) is 1.02. The Hall–Kier alpha value is -2.50. The zero-order valence-electron chi connectivity index (χ0n) is 10.3. The van der Waals surface area contributed by atoms with Gasteiger partial charge in [-0.1, -0.05) is 6.07 Å². The molecule has 0 saturated heterocycles. The highest BCUT2D eigenvalue weighted by atomic mass is 16.7. The van der Waals surface area contributed by atoms with Crippen LogP contribution in [0.2, 0.25) is 0 Å². The van der Waals surface area contributed by atoms with Crippen molar-refractivity contribution in [3.63, 3.8) is 0 Å². The van der Waals surface area contributed by atoms with Crippen molar-refractivity contribution in [2.24, 2.45) is 0 Å². The summed E-state index contributed by atoms with van der Waals surface area (Å²) in [5.74, 6) is -0.250. The maximum absolute atomic E-state index is 11.4. The number of carboxylic acids is 1. The standard InChI is InChI=1S/C13H13NO5/c1-8(13(16)17)14-12(15)5-3-9-2-4-10-11(6-9)19-7-18-10/h2-6,8H,7H2,1H3,(H,14,15)(H,16,17)/b5-3+/t8-/m1/s1. The zero-order chi connectivity index (χ0) is 13.8. The van der Waals surface area contributed by atoms with Gasteiger partial charge in [-0.2, -0.15) is 0 Å². The molecular weight excluding hydrogens is 250 g/mol. The van der Waals surface area contributed by atoms with Crippen LogP contribution < -0.4 is 14.8 Å². The SMILES string of the molecule is C[C@@H](NC(=O)/C=C/c1ccc2c(c1)OCO2)C(=O)O. The Morgan fingerprint density at radius 3 is 2.84 bits per heavy atom. The molecule has 0 saturated carbocycles. The number of amides is 1. The third-order valence-corrected chi connectivity index (χ3v) is 2.55. The normalized spacial score (nSPS) is 14.4. The van der Waals surface area contributed by atoms with Crippen LogP contribution in [0.5, 0.6) is 11.5 Å².